The first-order valence-electron chi connectivity index (χ1n) is 12.8. The van der Waals surface area contributed by atoms with Crippen molar-refractivity contribution in [3.63, 3.8) is 0 Å². The Hall–Kier alpha value is -4.46. The number of methoxy groups -OCH3 is 1. The summed E-state index contributed by atoms with van der Waals surface area (Å²) < 4.78 is 41.0. The number of rotatable bonds is 5. The summed E-state index contributed by atoms with van der Waals surface area (Å²) in [6.45, 7) is 14.0. The van der Waals surface area contributed by atoms with Gasteiger partial charge < -0.3 is 19.3 Å². The van der Waals surface area contributed by atoms with Gasteiger partial charge in [-0.1, -0.05) is 18.2 Å². The van der Waals surface area contributed by atoms with Crippen molar-refractivity contribution in [2.75, 3.05) is 33.3 Å². The number of nitrogens with zero attached hydrogens (tertiary/aromatic N) is 5. The van der Waals surface area contributed by atoms with Crippen molar-refractivity contribution in [1.29, 1.82) is 0 Å². The lowest BCUT2D eigenvalue weighted by molar-refractivity contribution is -0.131. The Labute approximate surface area is 231 Å². The van der Waals surface area contributed by atoms with E-state index in [1.165, 1.54) is 36.1 Å². The second-order valence-corrected chi connectivity index (χ2v) is 10.4. The van der Waals surface area contributed by atoms with E-state index in [-0.39, 0.29) is 23.9 Å². The molecule has 0 atom stereocenters. The van der Waals surface area contributed by atoms with Gasteiger partial charge in [-0.25, -0.2) is 18.4 Å². The molecule has 1 aliphatic rings. The molecule has 1 aromatic heterocycles. The van der Waals surface area contributed by atoms with E-state index in [0.29, 0.717) is 55.0 Å². The van der Waals surface area contributed by atoms with Gasteiger partial charge in [0.2, 0.25) is 11.6 Å². The summed E-state index contributed by atoms with van der Waals surface area (Å²) in [5.41, 5.74) is 0.919. The first-order valence-corrected chi connectivity index (χ1v) is 12.8. The summed E-state index contributed by atoms with van der Waals surface area (Å²) in [5.74, 6) is -1.42. The number of carbonyl (C=O) groups excluding carboxylic acids is 2. The molecule has 0 spiro atoms. The van der Waals surface area contributed by atoms with E-state index >= 15 is 0 Å². The fourth-order valence-corrected chi connectivity index (χ4v) is 4.42. The first-order chi connectivity index (χ1) is 19.0. The molecule has 2 aromatic carbocycles. The molecule has 0 N–H and O–H groups in total. The predicted octanol–water partition coefficient (Wildman–Crippen LogP) is 5.52. The molecule has 9 nitrogen and oxygen atoms in total. The lowest BCUT2D eigenvalue weighted by Crippen LogP contribution is -2.40. The number of hydrogen-bond donors (Lipinski definition) is 0. The van der Waals surface area contributed by atoms with E-state index in [2.05, 4.69) is 9.94 Å². The van der Waals surface area contributed by atoms with E-state index in [4.69, 9.17) is 16.0 Å². The summed E-state index contributed by atoms with van der Waals surface area (Å²) in [7, 11) is 1.37. The zero-order valence-electron chi connectivity index (χ0n) is 22.9. The van der Waals surface area contributed by atoms with Gasteiger partial charge in [0.05, 0.1) is 13.7 Å². The van der Waals surface area contributed by atoms with Crippen molar-refractivity contribution in [3.05, 3.63) is 65.6 Å². The highest BCUT2D eigenvalue weighted by Gasteiger charge is 2.26. The summed E-state index contributed by atoms with van der Waals surface area (Å²) in [6, 6.07) is 8.54. The van der Waals surface area contributed by atoms with Crippen LogP contribution in [0.1, 0.15) is 27.2 Å². The lowest BCUT2D eigenvalue weighted by atomic mass is 10.0. The second kappa shape index (κ2) is 11.7. The summed E-state index contributed by atoms with van der Waals surface area (Å²) >= 11 is 0. The van der Waals surface area contributed by atoms with Gasteiger partial charge in [-0.3, -0.25) is 9.48 Å². The monoisotopic (exact) mass is 551 g/mol. The second-order valence-electron chi connectivity index (χ2n) is 10.4. The van der Waals surface area contributed by atoms with Gasteiger partial charge in [-0.2, -0.15) is 5.10 Å². The minimum absolute atomic E-state index is 0.0712. The third-order valence-corrected chi connectivity index (χ3v) is 6.36. The van der Waals surface area contributed by atoms with Crippen molar-refractivity contribution in [3.8, 4) is 28.1 Å². The molecule has 0 saturated carbocycles. The lowest BCUT2D eigenvalue weighted by Gasteiger charge is -2.26. The van der Waals surface area contributed by atoms with Crippen LogP contribution in [0.2, 0.25) is 0 Å². The molecule has 1 aliphatic heterocycles. The van der Waals surface area contributed by atoms with Crippen LogP contribution < -0.4 is 4.74 Å². The van der Waals surface area contributed by atoms with Gasteiger partial charge in [-0.05, 0) is 51.0 Å². The maximum atomic E-state index is 14.6. The predicted molar refractivity (Wildman–Crippen MR) is 145 cm³/mol. The van der Waals surface area contributed by atoms with Crippen LogP contribution >= 0.6 is 0 Å². The molecule has 210 valence electrons. The molecule has 0 radical (unpaired) electrons. The molecule has 0 unspecified atom stereocenters. The molecule has 1 saturated heterocycles. The fourth-order valence-electron chi connectivity index (χ4n) is 4.42. The van der Waals surface area contributed by atoms with Crippen LogP contribution in [0.25, 0.3) is 27.2 Å². The molecule has 1 fully saturated rings. The number of ether oxygens (including phenoxy) is 2. The maximum absolute atomic E-state index is 14.6. The van der Waals surface area contributed by atoms with E-state index < -0.39 is 23.3 Å². The first kappa shape index (κ1) is 28.5. The number of hydrogen-bond acceptors (Lipinski definition) is 5. The van der Waals surface area contributed by atoms with Gasteiger partial charge in [0.1, 0.15) is 23.7 Å². The van der Waals surface area contributed by atoms with Crippen molar-refractivity contribution in [2.45, 2.75) is 39.3 Å². The SMILES string of the molecule is [C-]#[N+]c1ccc(-c2nn(CC(=O)N3CCCN(C(=O)OC(C)(C)C)CC3)cc2-c2ccc(OC)c(F)c2)cc1F. The van der Waals surface area contributed by atoms with Crippen molar-refractivity contribution in [1.82, 2.24) is 19.6 Å². The van der Waals surface area contributed by atoms with Crippen LogP contribution in [-0.2, 0) is 16.1 Å². The van der Waals surface area contributed by atoms with Crippen LogP contribution in [0.4, 0.5) is 19.3 Å². The molecular weight excluding hydrogens is 520 g/mol. The Morgan fingerprint density at radius 1 is 1.00 bits per heavy atom. The minimum atomic E-state index is -0.705. The van der Waals surface area contributed by atoms with Crippen molar-refractivity contribution in [2.24, 2.45) is 0 Å². The summed E-state index contributed by atoms with van der Waals surface area (Å²) in [5, 5.41) is 4.55. The molecule has 0 bridgehead atoms. The number of aromatic nitrogens is 2. The minimum Gasteiger partial charge on any atom is -0.494 e. The highest BCUT2D eigenvalue weighted by molar-refractivity contribution is 5.82. The number of amides is 2. The van der Waals surface area contributed by atoms with Gasteiger partial charge in [0.15, 0.2) is 11.6 Å². The molecule has 3 aromatic rings. The highest BCUT2D eigenvalue weighted by atomic mass is 19.1. The Morgan fingerprint density at radius 2 is 1.68 bits per heavy atom. The molecular formula is C29H31F2N5O4. The molecule has 4 rings (SSSR count). The van der Waals surface area contributed by atoms with Crippen LogP contribution in [0, 0.1) is 18.2 Å². The average Bonchev–Trinajstić information content (AvgIpc) is 3.14. The maximum Gasteiger partial charge on any atom is 0.410 e. The number of benzene rings is 2. The van der Waals surface area contributed by atoms with Crippen molar-refractivity contribution >= 4 is 17.7 Å². The largest absolute Gasteiger partial charge is 0.494 e. The normalized spacial score (nSPS) is 13.9. The Balaban J connectivity index is 1.58. The van der Waals surface area contributed by atoms with Gasteiger partial charge >= 0.3 is 6.09 Å². The van der Waals surface area contributed by atoms with Crippen LogP contribution in [0.15, 0.2) is 42.6 Å². The van der Waals surface area contributed by atoms with Crippen LogP contribution in [0.5, 0.6) is 5.75 Å². The van der Waals surface area contributed by atoms with Gasteiger partial charge in [-0.15, -0.1) is 0 Å². The average molecular weight is 552 g/mol. The van der Waals surface area contributed by atoms with E-state index in [9.17, 15) is 18.4 Å². The Morgan fingerprint density at radius 3 is 2.33 bits per heavy atom. The van der Waals surface area contributed by atoms with E-state index in [1.807, 2.05) is 0 Å². The Bertz CT molecular complexity index is 1460. The van der Waals surface area contributed by atoms with E-state index in [1.54, 1.807) is 48.9 Å². The van der Waals surface area contributed by atoms with Crippen LogP contribution in [0.3, 0.4) is 0 Å². The third-order valence-electron chi connectivity index (χ3n) is 6.36. The molecule has 40 heavy (non-hydrogen) atoms. The summed E-state index contributed by atoms with van der Waals surface area (Å²) in [4.78, 5) is 32.2. The fraction of sp³-hybridized carbons (Fsp3) is 0.379. The smallest absolute Gasteiger partial charge is 0.410 e. The molecule has 0 aliphatic carbocycles. The third kappa shape index (κ3) is 6.57. The molecule has 11 heteroatoms. The van der Waals surface area contributed by atoms with Crippen LogP contribution in [-0.4, -0.2) is 70.5 Å². The van der Waals surface area contributed by atoms with Crippen molar-refractivity contribution < 1.29 is 27.8 Å². The number of carbonyl (C=O) groups is 2. The Kier molecular flexibility index (Phi) is 8.38. The standard InChI is InChI=1S/C29H31F2N5O4/c1-29(2,3)40-28(38)35-12-6-11-34(13-14-35)26(37)18-36-17-21(19-8-10-25(39-5)23(31)15-19)27(33-36)20-7-9-24(32-4)22(30)16-20/h7-10,15-17H,6,11-14,18H2,1-3,5H3. The van der Waals surface area contributed by atoms with E-state index in [0.717, 1.165) is 0 Å². The van der Waals surface area contributed by atoms with Gasteiger partial charge in [0.25, 0.3) is 0 Å². The highest BCUT2D eigenvalue weighted by Crippen LogP contribution is 2.35. The zero-order chi connectivity index (χ0) is 29.0. The topological polar surface area (TPSA) is 81.3 Å². The number of halogens is 2. The summed E-state index contributed by atoms with van der Waals surface area (Å²) in [6.07, 6.45) is 1.80. The van der Waals surface area contributed by atoms with Gasteiger partial charge in [0, 0.05) is 43.5 Å². The molecule has 2 amide bonds. The zero-order valence-corrected chi connectivity index (χ0v) is 22.9. The molecule has 2 heterocycles. The quantitative estimate of drug-likeness (QED) is 0.390.